The van der Waals surface area contributed by atoms with E-state index in [2.05, 4.69) is 51.1 Å². The van der Waals surface area contributed by atoms with Crippen molar-refractivity contribution in [3.8, 4) is 5.75 Å². The van der Waals surface area contributed by atoms with Crippen molar-refractivity contribution in [1.82, 2.24) is 0 Å². The van der Waals surface area contributed by atoms with Gasteiger partial charge >= 0.3 is 0 Å². The first-order valence-corrected chi connectivity index (χ1v) is 6.47. The summed E-state index contributed by atoms with van der Waals surface area (Å²) in [5.41, 5.74) is 5.18. The lowest BCUT2D eigenvalue weighted by Gasteiger charge is -2.09. The van der Waals surface area contributed by atoms with Crippen LogP contribution in [0.1, 0.15) is 29.2 Å². The van der Waals surface area contributed by atoms with Gasteiger partial charge in [0.15, 0.2) is 0 Å². The fraction of sp³-hybridized carbons (Fsp3) is 0.294. The molecule has 0 fully saturated rings. The molecule has 2 aromatic rings. The Morgan fingerprint density at radius 2 is 1.67 bits per heavy atom. The van der Waals surface area contributed by atoms with Crippen LogP contribution in [-0.4, -0.2) is 0 Å². The van der Waals surface area contributed by atoms with Gasteiger partial charge in [-0.15, -0.1) is 0 Å². The van der Waals surface area contributed by atoms with Gasteiger partial charge in [0.25, 0.3) is 0 Å². The van der Waals surface area contributed by atoms with Crippen molar-refractivity contribution in [3.63, 3.8) is 0 Å². The summed E-state index contributed by atoms with van der Waals surface area (Å²) < 4.78 is 5.81. The Hall–Kier alpha value is -1.76. The van der Waals surface area contributed by atoms with Gasteiger partial charge < -0.3 is 4.74 Å². The lowest BCUT2D eigenvalue weighted by Crippen LogP contribution is -1.98. The van der Waals surface area contributed by atoms with E-state index in [9.17, 15) is 0 Å². The predicted molar refractivity (Wildman–Crippen MR) is 76.1 cm³/mol. The van der Waals surface area contributed by atoms with Crippen molar-refractivity contribution in [2.45, 2.75) is 33.8 Å². The highest BCUT2D eigenvalue weighted by atomic mass is 16.5. The summed E-state index contributed by atoms with van der Waals surface area (Å²) in [7, 11) is 0. The van der Waals surface area contributed by atoms with E-state index in [1.165, 1.54) is 22.3 Å². The normalized spacial score (nSPS) is 10.4. The maximum Gasteiger partial charge on any atom is 0.119 e. The molecule has 0 saturated carbocycles. The van der Waals surface area contributed by atoms with E-state index in [1.54, 1.807) is 0 Å². The second-order valence-corrected chi connectivity index (χ2v) is 4.72. The van der Waals surface area contributed by atoms with Gasteiger partial charge in [0.1, 0.15) is 12.4 Å². The minimum Gasteiger partial charge on any atom is -0.489 e. The van der Waals surface area contributed by atoms with Gasteiger partial charge in [0.2, 0.25) is 0 Å². The van der Waals surface area contributed by atoms with Crippen molar-refractivity contribution in [2.24, 2.45) is 0 Å². The quantitative estimate of drug-likeness (QED) is 0.767. The van der Waals surface area contributed by atoms with Crippen LogP contribution in [0.25, 0.3) is 0 Å². The first-order valence-electron chi connectivity index (χ1n) is 6.47. The zero-order chi connectivity index (χ0) is 13.0. The van der Waals surface area contributed by atoms with E-state index in [4.69, 9.17) is 4.74 Å². The molecule has 0 saturated heterocycles. The third-order valence-electron chi connectivity index (χ3n) is 3.22. The Morgan fingerprint density at radius 3 is 2.28 bits per heavy atom. The molecular formula is C17H20O. The van der Waals surface area contributed by atoms with Crippen LogP contribution in [-0.2, 0) is 13.0 Å². The summed E-state index contributed by atoms with van der Waals surface area (Å²) in [5.74, 6) is 0.937. The Morgan fingerprint density at radius 1 is 0.944 bits per heavy atom. The van der Waals surface area contributed by atoms with Crippen molar-refractivity contribution in [2.75, 3.05) is 0 Å². The van der Waals surface area contributed by atoms with Crippen LogP contribution in [0, 0.1) is 13.8 Å². The molecule has 0 aromatic heterocycles. The molecule has 18 heavy (non-hydrogen) atoms. The summed E-state index contributed by atoms with van der Waals surface area (Å²) >= 11 is 0. The zero-order valence-corrected chi connectivity index (χ0v) is 11.4. The largest absolute Gasteiger partial charge is 0.489 e. The van der Waals surface area contributed by atoms with E-state index < -0.39 is 0 Å². The Bertz CT molecular complexity index is 512. The molecule has 2 rings (SSSR count). The van der Waals surface area contributed by atoms with Gasteiger partial charge in [-0.05, 0) is 49.1 Å². The molecule has 0 spiro atoms. The maximum atomic E-state index is 5.81. The van der Waals surface area contributed by atoms with E-state index >= 15 is 0 Å². The standard InChI is InChI=1S/C17H20O/c1-4-15-6-9-17(10-7-15)18-12-16-8-5-13(2)11-14(16)3/h5-11H,4,12H2,1-3H3. The van der Waals surface area contributed by atoms with E-state index in [-0.39, 0.29) is 0 Å². The van der Waals surface area contributed by atoms with Crippen LogP contribution in [0.4, 0.5) is 0 Å². The van der Waals surface area contributed by atoms with Crippen molar-refractivity contribution < 1.29 is 4.74 Å². The molecule has 0 atom stereocenters. The number of hydrogen-bond acceptors (Lipinski definition) is 1. The van der Waals surface area contributed by atoms with Crippen LogP contribution < -0.4 is 4.74 Å². The van der Waals surface area contributed by atoms with Crippen molar-refractivity contribution >= 4 is 0 Å². The van der Waals surface area contributed by atoms with E-state index in [1.807, 2.05) is 12.1 Å². The first-order chi connectivity index (χ1) is 8.69. The highest BCUT2D eigenvalue weighted by Gasteiger charge is 2.00. The second-order valence-electron chi connectivity index (χ2n) is 4.72. The van der Waals surface area contributed by atoms with Crippen LogP contribution >= 0.6 is 0 Å². The van der Waals surface area contributed by atoms with E-state index in [0.29, 0.717) is 6.61 Å². The molecule has 1 heteroatoms. The fourth-order valence-corrected chi connectivity index (χ4v) is 1.99. The molecule has 1 nitrogen and oxygen atoms in total. The molecule has 94 valence electrons. The molecule has 0 aliphatic heterocycles. The van der Waals surface area contributed by atoms with Crippen LogP contribution in [0.5, 0.6) is 5.75 Å². The molecule has 0 aliphatic rings. The fourth-order valence-electron chi connectivity index (χ4n) is 1.99. The monoisotopic (exact) mass is 240 g/mol. The topological polar surface area (TPSA) is 9.23 Å². The predicted octanol–water partition coefficient (Wildman–Crippen LogP) is 4.44. The van der Waals surface area contributed by atoms with E-state index in [0.717, 1.165) is 12.2 Å². The molecule has 2 aromatic carbocycles. The lowest BCUT2D eigenvalue weighted by atomic mass is 10.1. The number of ether oxygens (including phenoxy) is 1. The summed E-state index contributed by atoms with van der Waals surface area (Å²) in [6, 6.07) is 14.8. The highest BCUT2D eigenvalue weighted by Crippen LogP contribution is 2.16. The Balaban J connectivity index is 2.02. The minimum atomic E-state index is 0.636. The van der Waals surface area contributed by atoms with Crippen LogP contribution in [0.3, 0.4) is 0 Å². The minimum absolute atomic E-state index is 0.636. The Labute approximate surface area is 109 Å². The molecule has 0 N–H and O–H groups in total. The van der Waals surface area contributed by atoms with Gasteiger partial charge in [-0.3, -0.25) is 0 Å². The molecule has 0 aliphatic carbocycles. The average molecular weight is 240 g/mol. The van der Waals surface area contributed by atoms with Crippen LogP contribution in [0.2, 0.25) is 0 Å². The number of benzene rings is 2. The second kappa shape index (κ2) is 5.72. The summed E-state index contributed by atoms with van der Waals surface area (Å²) in [6.45, 7) is 7.04. The van der Waals surface area contributed by atoms with Gasteiger partial charge in [-0.25, -0.2) is 0 Å². The molecule has 0 bridgehead atoms. The molecule has 0 unspecified atom stereocenters. The first kappa shape index (κ1) is 12.7. The van der Waals surface area contributed by atoms with Gasteiger partial charge in [0, 0.05) is 0 Å². The summed E-state index contributed by atoms with van der Waals surface area (Å²) in [4.78, 5) is 0. The zero-order valence-electron chi connectivity index (χ0n) is 11.4. The Kier molecular flexibility index (Phi) is 4.03. The molecule has 0 heterocycles. The van der Waals surface area contributed by atoms with Gasteiger partial charge in [-0.2, -0.15) is 0 Å². The van der Waals surface area contributed by atoms with Crippen LogP contribution in [0.15, 0.2) is 42.5 Å². The average Bonchev–Trinajstić information content (AvgIpc) is 2.38. The summed E-state index contributed by atoms with van der Waals surface area (Å²) in [6.07, 6.45) is 1.07. The van der Waals surface area contributed by atoms with Gasteiger partial charge in [0.05, 0.1) is 0 Å². The number of aryl methyl sites for hydroxylation is 3. The smallest absolute Gasteiger partial charge is 0.119 e. The molecule has 0 amide bonds. The third-order valence-corrected chi connectivity index (χ3v) is 3.22. The number of hydrogen-bond donors (Lipinski definition) is 0. The molecular weight excluding hydrogens is 220 g/mol. The highest BCUT2D eigenvalue weighted by molar-refractivity contribution is 5.31. The third kappa shape index (κ3) is 3.13. The maximum absolute atomic E-state index is 5.81. The van der Waals surface area contributed by atoms with Crippen molar-refractivity contribution in [1.29, 1.82) is 0 Å². The van der Waals surface area contributed by atoms with Crippen molar-refractivity contribution in [3.05, 3.63) is 64.7 Å². The lowest BCUT2D eigenvalue weighted by molar-refractivity contribution is 0.305. The van der Waals surface area contributed by atoms with Gasteiger partial charge in [-0.1, -0.05) is 42.8 Å². The summed E-state index contributed by atoms with van der Waals surface area (Å²) in [5, 5.41) is 0. The molecule has 0 radical (unpaired) electrons. The number of rotatable bonds is 4. The SMILES string of the molecule is CCc1ccc(OCc2ccc(C)cc2C)cc1.